The Hall–Kier alpha value is -0.0400. The molecular weight excluding hydrogens is 172 g/mol. The predicted molar refractivity (Wildman–Crippen MR) is 63.3 cm³/mol. The maximum atomic E-state index is 10.3. The van der Waals surface area contributed by atoms with E-state index in [1.165, 1.54) is 6.42 Å². The lowest BCUT2D eigenvalue weighted by Gasteiger charge is -2.32. The first kappa shape index (κ1) is 14.0. The van der Waals surface area contributed by atoms with Crippen LogP contribution in [0, 0.1) is 17.8 Å². The van der Waals surface area contributed by atoms with Gasteiger partial charge in [0.25, 0.3) is 0 Å². The van der Waals surface area contributed by atoms with E-state index in [2.05, 4.69) is 34.6 Å². The third-order valence-electron chi connectivity index (χ3n) is 3.31. The van der Waals surface area contributed by atoms with Gasteiger partial charge in [0, 0.05) is 0 Å². The Bertz CT molecular complexity index is 149. The second-order valence-electron chi connectivity index (χ2n) is 5.61. The topological polar surface area (TPSA) is 20.2 Å². The summed E-state index contributed by atoms with van der Waals surface area (Å²) in [5.74, 6) is 1.76. The summed E-state index contributed by atoms with van der Waals surface area (Å²) in [4.78, 5) is 0. The van der Waals surface area contributed by atoms with Crippen molar-refractivity contribution in [3.8, 4) is 0 Å². The first-order valence-electron chi connectivity index (χ1n) is 6.02. The molecule has 86 valence electrons. The molecular formula is C13H28O. The van der Waals surface area contributed by atoms with Gasteiger partial charge in [-0.2, -0.15) is 0 Å². The minimum absolute atomic E-state index is 0.400. The highest BCUT2D eigenvalue weighted by Gasteiger charge is 2.28. The van der Waals surface area contributed by atoms with E-state index in [1.54, 1.807) is 0 Å². The van der Waals surface area contributed by atoms with Crippen LogP contribution in [0.3, 0.4) is 0 Å². The lowest BCUT2D eigenvalue weighted by atomic mass is 9.79. The zero-order valence-electron chi connectivity index (χ0n) is 10.8. The fourth-order valence-electron chi connectivity index (χ4n) is 2.23. The number of aliphatic hydroxyl groups is 1. The fourth-order valence-corrected chi connectivity index (χ4v) is 2.23. The number of rotatable bonds is 6. The standard InChI is InChI=1S/C13H28O/c1-7-12(5)13(6,14)9-11(4)8-10(2)3/h10-12,14H,7-9H2,1-6H3. The normalized spacial score (nSPS) is 20.6. The van der Waals surface area contributed by atoms with Gasteiger partial charge >= 0.3 is 0 Å². The molecule has 3 unspecified atom stereocenters. The molecule has 0 aromatic rings. The quantitative estimate of drug-likeness (QED) is 0.690. The summed E-state index contributed by atoms with van der Waals surface area (Å²) in [6, 6.07) is 0. The van der Waals surface area contributed by atoms with Crippen LogP contribution < -0.4 is 0 Å². The minimum Gasteiger partial charge on any atom is -0.390 e. The summed E-state index contributed by atoms with van der Waals surface area (Å²) >= 11 is 0. The van der Waals surface area contributed by atoms with Gasteiger partial charge in [0.2, 0.25) is 0 Å². The van der Waals surface area contributed by atoms with Crippen molar-refractivity contribution in [2.24, 2.45) is 17.8 Å². The highest BCUT2D eigenvalue weighted by Crippen LogP contribution is 2.29. The van der Waals surface area contributed by atoms with Crippen molar-refractivity contribution in [2.45, 2.75) is 66.4 Å². The molecule has 0 saturated carbocycles. The van der Waals surface area contributed by atoms with Crippen molar-refractivity contribution in [3.05, 3.63) is 0 Å². The molecule has 0 aromatic carbocycles. The van der Waals surface area contributed by atoms with Crippen LogP contribution in [0.4, 0.5) is 0 Å². The maximum Gasteiger partial charge on any atom is 0.0647 e. The largest absolute Gasteiger partial charge is 0.390 e. The zero-order chi connectivity index (χ0) is 11.4. The Balaban J connectivity index is 4.07. The molecule has 0 aliphatic carbocycles. The van der Waals surface area contributed by atoms with E-state index < -0.39 is 5.60 Å². The van der Waals surface area contributed by atoms with Gasteiger partial charge in [-0.15, -0.1) is 0 Å². The Morgan fingerprint density at radius 1 is 1.14 bits per heavy atom. The number of hydrogen-bond acceptors (Lipinski definition) is 1. The monoisotopic (exact) mass is 200 g/mol. The number of hydrogen-bond donors (Lipinski definition) is 1. The molecule has 14 heavy (non-hydrogen) atoms. The van der Waals surface area contributed by atoms with Crippen molar-refractivity contribution >= 4 is 0 Å². The molecule has 1 heteroatoms. The van der Waals surface area contributed by atoms with Gasteiger partial charge in [0.1, 0.15) is 0 Å². The summed E-state index contributed by atoms with van der Waals surface area (Å²) in [6.45, 7) is 13.0. The fraction of sp³-hybridized carbons (Fsp3) is 1.00. The molecule has 0 fully saturated rings. The van der Waals surface area contributed by atoms with Crippen molar-refractivity contribution in [1.82, 2.24) is 0 Å². The second-order valence-corrected chi connectivity index (χ2v) is 5.61. The van der Waals surface area contributed by atoms with Crippen LogP contribution in [0.5, 0.6) is 0 Å². The summed E-state index contributed by atoms with van der Waals surface area (Å²) in [5.41, 5.74) is -0.483. The van der Waals surface area contributed by atoms with Crippen LogP contribution in [0.25, 0.3) is 0 Å². The van der Waals surface area contributed by atoms with Crippen LogP contribution in [0.15, 0.2) is 0 Å². The average Bonchev–Trinajstić information content (AvgIpc) is 1.99. The van der Waals surface area contributed by atoms with Crippen LogP contribution in [0.2, 0.25) is 0 Å². The Kier molecular flexibility index (Phi) is 5.73. The van der Waals surface area contributed by atoms with E-state index in [9.17, 15) is 5.11 Å². The van der Waals surface area contributed by atoms with Crippen LogP contribution in [0.1, 0.15) is 60.8 Å². The Labute approximate surface area is 89.9 Å². The van der Waals surface area contributed by atoms with Crippen LogP contribution >= 0.6 is 0 Å². The summed E-state index contributed by atoms with van der Waals surface area (Å²) in [7, 11) is 0. The Morgan fingerprint density at radius 2 is 1.64 bits per heavy atom. The lowest BCUT2D eigenvalue weighted by Crippen LogP contribution is -2.34. The SMILES string of the molecule is CCC(C)C(C)(O)CC(C)CC(C)C. The molecule has 3 atom stereocenters. The van der Waals surface area contributed by atoms with Gasteiger partial charge in [-0.1, -0.05) is 41.0 Å². The third kappa shape index (κ3) is 4.99. The highest BCUT2D eigenvalue weighted by molar-refractivity contribution is 4.80. The molecule has 0 amide bonds. The van der Waals surface area contributed by atoms with Crippen molar-refractivity contribution in [2.75, 3.05) is 0 Å². The van der Waals surface area contributed by atoms with Gasteiger partial charge in [0.05, 0.1) is 5.60 Å². The molecule has 0 bridgehead atoms. The summed E-state index contributed by atoms with van der Waals surface area (Å²) < 4.78 is 0. The maximum absolute atomic E-state index is 10.3. The van der Waals surface area contributed by atoms with E-state index >= 15 is 0 Å². The molecule has 0 aliphatic rings. The summed E-state index contributed by atoms with van der Waals surface area (Å²) in [5, 5.41) is 10.3. The van der Waals surface area contributed by atoms with Gasteiger partial charge < -0.3 is 5.11 Å². The molecule has 0 aliphatic heterocycles. The predicted octanol–water partition coefficient (Wildman–Crippen LogP) is 3.86. The molecule has 1 N–H and O–H groups in total. The van der Waals surface area contributed by atoms with Crippen molar-refractivity contribution < 1.29 is 5.11 Å². The molecule has 0 rings (SSSR count). The minimum atomic E-state index is -0.483. The Morgan fingerprint density at radius 3 is 2.00 bits per heavy atom. The zero-order valence-corrected chi connectivity index (χ0v) is 10.8. The van der Waals surface area contributed by atoms with E-state index in [0.717, 1.165) is 18.8 Å². The highest BCUT2D eigenvalue weighted by atomic mass is 16.3. The lowest BCUT2D eigenvalue weighted by molar-refractivity contribution is -0.0173. The molecule has 0 heterocycles. The first-order chi connectivity index (χ1) is 6.29. The van der Waals surface area contributed by atoms with Gasteiger partial charge in [-0.05, 0) is 37.5 Å². The van der Waals surface area contributed by atoms with Gasteiger partial charge in [0.15, 0.2) is 0 Å². The van der Waals surface area contributed by atoms with E-state index in [1.807, 2.05) is 6.92 Å². The average molecular weight is 200 g/mol. The van der Waals surface area contributed by atoms with E-state index in [-0.39, 0.29) is 0 Å². The third-order valence-corrected chi connectivity index (χ3v) is 3.31. The van der Waals surface area contributed by atoms with Gasteiger partial charge in [-0.25, -0.2) is 0 Å². The van der Waals surface area contributed by atoms with Crippen LogP contribution in [-0.4, -0.2) is 10.7 Å². The molecule has 0 saturated heterocycles. The van der Waals surface area contributed by atoms with Crippen LogP contribution in [-0.2, 0) is 0 Å². The van der Waals surface area contributed by atoms with E-state index in [0.29, 0.717) is 11.8 Å². The molecule has 0 radical (unpaired) electrons. The second kappa shape index (κ2) is 5.75. The molecule has 0 spiro atoms. The molecule has 0 aromatic heterocycles. The smallest absolute Gasteiger partial charge is 0.0647 e. The molecule has 1 nitrogen and oxygen atoms in total. The van der Waals surface area contributed by atoms with Crippen molar-refractivity contribution in [1.29, 1.82) is 0 Å². The van der Waals surface area contributed by atoms with Gasteiger partial charge in [-0.3, -0.25) is 0 Å². The first-order valence-corrected chi connectivity index (χ1v) is 6.02. The van der Waals surface area contributed by atoms with Crippen molar-refractivity contribution in [3.63, 3.8) is 0 Å². The van der Waals surface area contributed by atoms with E-state index in [4.69, 9.17) is 0 Å². The summed E-state index contributed by atoms with van der Waals surface area (Å²) in [6.07, 6.45) is 3.20.